The second kappa shape index (κ2) is 9.58. The van der Waals surface area contributed by atoms with E-state index in [2.05, 4.69) is 17.4 Å². The summed E-state index contributed by atoms with van der Waals surface area (Å²) in [5.41, 5.74) is 5.97. The second-order valence-electron chi connectivity index (χ2n) is 7.02. The third-order valence-corrected chi connectivity index (χ3v) is 5.01. The first-order valence-corrected chi connectivity index (χ1v) is 9.66. The summed E-state index contributed by atoms with van der Waals surface area (Å²) >= 11 is 0. The van der Waals surface area contributed by atoms with Crippen molar-refractivity contribution in [1.29, 1.82) is 0 Å². The average Bonchev–Trinajstić information content (AvgIpc) is 2.72. The van der Waals surface area contributed by atoms with E-state index in [0.717, 1.165) is 35.7 Å². The van der Waals surface area contributed by atoms with Crippen molar-refractivity contribution < 1.29 is 23.9 Å². The highest BCUT2D eigenvalue weighted by Crippen LogP contribution is 2.28. The molecule has 8 heteroatoms. The molecule has 0 radical (unpaired) electrons. The van der Waals surface area contributed by atoms with Crippen LogP contribution in [0, 0.1) is 0 Å². The number of likely N-dealkylation sites (N-methyl/N-ethyl adjacent to an activating group) is 1. The molecule has 0 saturated carbocycles. The maximum Gasteiger partial charge on any atom is 0.415 e. The van der Waals surface area contributed by atoms with Crippen molar-refractivity contribution in [2.24, 2.45) is 0 Å². The largest absolute Gasteiger partial charge is 0.415 e. The highest BCUT2D eigenvalue weighted by atomic mass is 16.7. The van der Waals surface area contributed by atoms with Crippen molar-refractivity contribution in [3.63, 3.8) is 0 Å². The van der Waals surface area contributed by atoms with Crippen LogP contribution in [-0.4, -0.2) is 73.8 Å². The topological polar surface area (TPSA) is 66.3 Å². The Labute approximate surface area is 171 Å². The van der Waals surface area contributed by atoms with Crippen LogP contribution in [0.1, 0.15) is 13.3 Å². The van der Waals surface area contributed by atoms with Crippen molar-refractivity contribution in [2.45, 2.75) is 13.3 Å². The number of nitrogens with one attached hydrogen (secondary N) is 1. The molecule has 8 nitrogen and oxygen atoms in total. The molecule has 1 fully saturated rings. The zero-order valence-corrected chi connectivity index (χ0v) is 17.5. The van der Waals surface area contributed by atoms with Crippen molar-refractivity contribution in [3.8, 4) is 0 Å². The Balaban J connectivity index is 1.94. The average molecular weight is 401 g/mol. The van der Waals surface area contributed by atoms with Gasteiger partial charge >= 0.3 is 6.09 Å². The van der Waals surface area contributed by atoms with E-state index < -0.39 is 0 Å². The second-order valence-corrected chi connectivity index (χ2v) is 7.02. The van der Waals surface area contributed by atoms with Gasteiger partial charge in [0, 0.05) is 37.0 Å². The summed E-state index contributed by atoms with van der Waals surface area (Å²) in [7, 11) is 5.19. The zero-order valence-electron chi connectivity index (χ0n) is 17.5. The van der Waals surface area contributed by atoms with Gasteiger partial charge in [-0.3, -0.25) is 15.2 Å². The number of hydrogen-bond acceptors (Lipinski definition) is 6. The summed E-state index contributed by atoms with van der Waals surface area (Å²) in [6, 6.07) is 7.61. The predicted molar refractivity (Wildman–Crippen MR) is 111 cm³/mol. The van der Waals surface area contributed by atoms with Crippen LogP contribution in [0.25, 0.3) is 0 Å². The van der Waals surface area contributed by atoms with E-state index in [1.54, 1.807) is 23.9 Å². The minimum Gasteiger partial charge on any atom is -0.403 e. The molecule has 1 amide bonds. The molecule has 3 rings (SSSR count). The van der Waals surface area contributed by atoms with E-state index in [0.29, 0.717) is 25.3 Å². The summed E-state index contributed by atoms with van der Waals surface area (Å²) in [6.07, 6.45) is 4.22. The lowest BCUT2D eigenvalue weighted by atomic mass is 10.0. The molecule has 0 unspecified atom stereocenters. The smallest absolute Gasteiger partial charge is 0.403 e. The van der Waals surface area contributed by atoms with E-state index >= 15 is 0 Å². The van der Waals surface area contributed by atoms with Crippen LogP contribution in [0.5, 0.6) is 0 Å². The van der Waals surface area contributed by atoms with E-state index in [1.807, 2.05) is 43.3 Å². The summed E-state index contributed by atoms with van der Waals surface area (Å²) in [4.78, 5) is 27.5. The maximum absolute atomic E-state index is 12.8. The van der Waals surface area contributed by atoms with Crippen LogP contribution < -0.4 is 5.48 Å². The zero-order chi connectivity index (χ0) is 20.8. The Morgan fingerprint density at radius 3 is 2.55 bits per heavy atom. The van der Waals surface area contributed by atoms with Gasteiger partial charge in [-0.2, -0.15) is 0 Å². The molecule has 0 spiro atoms. The fourth-order valence-electron chi connectivity index (χ4n) is 3.40. The Morgan fingerprint density at radius 2 is 1.86 bits per heavy atom. The summed E-state index contributed by atoms with van der Waals surface area (Å²) in [5, 5.41) is 0. The fourth-order valence-corrected chi connectivity index (χ4v) is 3.40. The number of carbonyl (C=O) groups excluding carboxylic acids is 1. The monoisotopic (exact) mass is 401 g/mol. The van der Waals surface area contributed by atoms with Crippen LogP contribution in [0.3, 0.4) is 0 Å². The number of carbonyl (C=O) groups is 1. The van der Waals surface area contributed by atoms with Gasteiger partial charge in [-0.1, -0.05) is 24.3 Å². The molecule has 0 bridgehead atoms. The number of ether oxygens (including phenoxy) is 1. The van der Waals surface area contributed by atoms with Gasteiger partial charge in [0.1, 0.15) is 12.8 Å². The first-order valence-electron chi connectivity index (χ1n) is 9.66. The van der Waals surface area contributed by atoms with Crippen LogP contribution in [0.15, 0.2) is 47.7 Å². The molecule has 1 aromatic rings. The van der Waals surface area contributed by atoms with Gasteiger partial charge in [0.05, 0.1) is 13.5 Å². The van der Waals surface area contributed by atoms with Gasteiger partial charge in [-0.25, -0.2) is 4.79 Å². The molecule has 1 aromatic carbocycles. The maximum atomic E-state index is 12.8. The van der Waals surface area contributed by atoms with Crippen LogP contribution in [0.4, 0.5) is 16.2 Å². The van der Waals surface area contributed by atoms with E-state index in [-0.39, 0.29) is 6.09 Å². The Bertz CT molecular complexity index is 839. The number of benzene rings is 1. The van der Waals surface area contributed by atoms with Crippen molar-refractivity contribution >= 4 is 23.2 Å². The number of amides is 1. The predicted octanol–water partition coefficient (Wildman–Crippen LogP) is 2.92. The molecule has 2 aliphatic rings. The van der Waals surface area contributed by atoms with Crippen molar-refractivity contribution in [1.82, 2.24) is 9.80 Å². The summed E-state index contributed by atoms with van der Waals surface area (Å²) < 4.78 is 7.55. The number of rotatable bonds is 5. The first kappa shape index (κ1) is 20.9. The van der Waals surface area contributed by atoms with Gasteiger partial charge < -0.3 is 14.5 Å². The number of nitrogens with zero attached hydrogens (tertiary/aromatic N) is 3. The molecule has 0 aromatic heterocycles. The number of hydrogen-bond donors (Lipinski definition) is 1. The number of anilines is 1. The molecule has 1 N–H and O–H groups in total. The Hall–Kier alpha value is -2.84. The van der Waals surface area contributed by atoms with Gasteiger partial charge in [-0.15, -0.1) is 0 Å². The molecule has 0 atom stereocenters. The molecule has 1 heterocycles. The number of piperazine rings is 1. The molecule has 156 valence electrons. The molecular formula is C21H29N4O4+. The lowest BCUT2D eigenvalue weighted by Crippen LogP contribution is -2.47. The first-order chi connectivity index (χ1) is 14.0. The van der Waals surface area contributed by atoms with Crippen LogP contribution >= 0.6 is 0 Å². The third-order valence-electron chi connectivity index (χ3n) is 5.01. The molecular weight excluding hydrogens is 372 g/mol. The molecule has 1 aliphatic carbocycles. The summed E-state index contributed by atoms with van der Waals surface area (Å²) in [6.45, 7) is 4.91. The van der Waals surface area contributed by atoms with Gasteiger partial charge in [0.15, 0.2) is 0 Å². The lowest BCUT2D eigenvalue weighted by Gasteiger charge is -2.31. The quantitative estimate of drug-likeness (QED) is 0.605. The number of para-hydroxylation sites is 2. The molecule has 1 saturated heterocycles. The van der Waals surface area contributed by atoms with Crippen LogP contribution in [0.2, 0.25) is 0 Å². The van der Waals surface area contributed by atoms with Crippen molar-refractivity contribution in [3.05, 3.63) is 47.7 Å². The summed E-state index contributed by atoms with van der Waals surface area (Å²) in [5.74, 6) is 0.519. The molecule has 1 aliphatic heterocycles. The Kier molecular flexibility index (Phi) is 6.90. The lowest BCUT2D eigenvalue weighted by molar-refractivity contribution is -0.720. The Morgan fingerprint density at radius 1 is 1.14 bits per heavy atom. The number of allylic oxidation sites excluding steroid dienone is 4. The van der Waals surface area contributed by atoms with Gasteiger partial charge in [0.2, 0.25) is 5.76 Å². The highest BCUT2D eigenvalue weighted by molar-refractivity contribution is 6.00. The van der Waals surface area contributed by atoms with Crippen LogP contribution in [-0.2, 0) is 14.4 Å². The highest BCUT2D eigenvalue weighted by Gasteiger charge is 2.33. The van der Waals surface area contributed by atoms with Gasteiger partial charge in [0.25, 0.3) is 11.4 Å². The molecule has 29 heavy (non-hydrogen) atoms. The van der Waals surface area contributed by atoms with E-state index in [1.165, 1.54) is 0 Å². The minimum atomic E-state index is -0.334. The SMILES string of the molecule is CONc1ccccc1/[N+](OC)=C1\CC=CC(C)=C1OC(=O)N1CCN(C)CC1. The van der Waals surface area contributed by atoms with Crippen molar-refractivity contribution in [2.75, 3.05) is 52.9 Å². The van der Waals surface area contributed by atoms with E-state index in [9.17, 15) is 4.79 Å². The van der Waals surface area contributed by atoms with E-state index in [4.69, 9.17) is 14.4 Å². The fraction of sp³-hybridized carbons (Fsp3) is 0.429. The normalized spacial score (nSPS) is 19.2. The third kappa shape index (κ3) is 4.78. The van der Waals surface area contributed by atoms with Gasteiger partial charge in [-0.05, 0) is 25.6 Å². The standard InChI is InChI=1S/C21H29N4O4/c1-16-8-7-11-19(20(16)29-21(26)24-14-12-23(2)13-15-24)25(28-4)18-10-6-5-9-17(18)22-27-3/h5-10,22H,11-15H2,1-4H3/q+1/b25-19-. The minimum absolute atomic E-state index is 0.334.